The molecule has 1 aliphatic rings. The van der Waals surface area contributed by atoms with Crippen molar-refractivity contribution in [3.63, 3.8) is 0 Å². The lowest BCUT2D eigenvalue weighted by atomic mass is 10.0. The topological polar surface area (TPSA) is 56.3 Å². The number of aromatic amines is 2. The average molecular weight is 679 g/mol. The third kappa shape index (κ3) is 6.63. The summed E-state index contributed by atoms with van der Waals surface area (Å²) >= 11 is 3.48. The summed E-state index contributed by atoms with van der Waals surface area (Å²) in [6, 6.07) is 28.1. The minimum Gasteiger partial charge on any atom is -0.354 e. The molecule has 0 aliphatic carbocycles. The van der Waals surface area contributed by atoms with Crippen LogP contribution in [0, 0.1) is 0 Å². The third-order valence-corrected chi connectivity index (χ3v) is 7.43. The van der Waals surface area contributed by atoms with Crippen molar-refractivity contribution < 1.29 is 26.3 Å². The van der Waals surface area contributed by atoms with Crippen LogP contribution in [0.5, 0.6) is 0 Å². The van der Waals surface area contributed by atoms with Gasteiger partial charge in [0.05, 0.1) is 27.1 Å². The van der Waals surface area contributed by atoms with Crippen molar-refractivity contribution >= 4 is 44.3 Å². The van der Waals surface area contributed by atoms with Crippen LogP contribution in [0.2, 0.25) is 0 Å². The number of benzene rings is 3. The van der Waals surface area contributed by atoms with Crippen LogP contribution in [0.4, 0.5) is 32.0 Å². The number of alkyl halides is 6. The number of allylic oxidation sites excluding steroid dienone is 1. The highest BCUT2D eigenvalue weighted by Gasteiger charge is 2.37. The molecule has 2 aromatic heterocycles. The summed E-state index contributed by atoms with van der Waals surface area (Å²) in [7, 11) is 0. The zero-order valence-corrected chi connectivity index (χ0v) is 24.6. The number of halogens is 7. The van der Waals surface area contributed by atoms with Crippen LogP contribution < -0.4 is 10.7 Å². The van der Waals surface area contributed by atoms with Gasteiger partial charge in [-0.05, 0) is 81.7 Å². The lowest BCUT2D eigenvalue weighted by Gasteiger charge is -2.12. The van der Waals surface area contributed by atoms with Crippen LogP contribution >= 0.6 is 15.9 Å². The van der Waals surface area contributed by atoms with Gasteiger partial charge in [0, 0.05) is 27.5 Å². The zero-order chi connectivity index (χ0) is 31.8. The molecule has 226 valence electrons. The van der Waals surface area contributed by atoms with Gasteiger partial charge in [-0.15, -0.1) is 0 Å². The first-order valence-corrected chi connectivity index (χ1v) is 14.3. The van der Waals surface area contributed by atoms with Crippen LogP contribution in [-0.4, -0.2) is 21.5 Å². The first kappa shape index (κ1) is 30.1. The van der Waals surface area contributed by atoms with Gasteiger partial charge in [0.2, 0.25) is 0 Å². The number of rotatable bonds is 5. The molecule has 5 aromatic rings. The van der Waals surface area contributed by atoms with E-state index in [2.05, 4.69) is 35.9 Å². The second-order valence-corrected chi connectivity index (χ2v) is 10.9. The summed E-state index contributed by atoms with van der Waals surface area (Å²) in [5, 5.41) is 1.50. The van der Waals surface area contributed by atoms with Gasteiger partial charge in [0.15, 0.2) is 5.84 Å². The Kier molecular flexibility index (Phi) is 7.96. The molecule has 0 radical (unpaired) electrons. The van der Waals surface area contributed by atoms with Crippen LogP contribution in [0.3, 0.4) is 0 Å². The SMILES string of the molecule is FC(F)(F)c1cc(N=C2C=CC(C(c3ccccc3)=c3ccc(=C(c4ccccc4)c4ccc(Br)[nH]4)[nH]3)=N2)cc(C(F)(F)F)c1. The van der Waals surface area contributed by atoms with Crippen LogP contribution in [0.25, 0.3) is 11.1 Å². The molecule has 2 N–H and O–H groups in total. The Bertz CT molecular complexity index is 2050. The minimum absolute atomic E-state index is 0.0366. The fourth-order valence-corrected chi connectivity index (χ4v) is 5.34. The Labute approximate surface area is 261 Å². The van der Waals surface area contributed by atoms with Crippen molar-refractivity contribution in [2.45, 2.75) is 12.4 Å². The van der Waals surface area contributed by atoms with E-state index in [4.69, 9.17) is 0 Å². The molecule has 0 bridgehead atoms. The highest BCUT2D eigenvalue weighted by molar-refractivity contribution is 9.10. The van der Waals surface area contributed by atoms with Gasteiger partial charge >= 0.3 is 12.4 Å². The van der Waals surface area contributed by atoms with Gasteiger partial charge in [-0.2, -0.15) is 26.3 Å². The number of nitrogens with one attached hydrogen (secondary N) is 2. The van der Waals surface area contributed by atoms with Gasteiger partial charge in [0.25, 0.3) is 0 Å². The smallest absolute Gasteiger partial charge is 0.354 e. The molecule has 1 aliphatic heterocycles. The number of H-pyrrole nitrogens is 2. The van der Waals surface area contributed by atoms with Gasteiger partial charge < -0.3 is 9.97 Å². The monoisotopic (exact) mass is 678 g/mol. The van der Waals surface area contributed by atoms with Gasteiger partial charge in [-0.3, -0.25) is 0 Å². The minimum atomic E-state index is -4.98. The Morgan fingerprint density at radius 3 is 1.71 bits per heavy atom. The van der Waals surface area contributed by atoms with E-state index in [1.807, 2.05) is 84.9 Å². The summed E-state index contributed by atoms with van der Waals surface area (Å²) in [5.74, 6) is -0.0366. The fourth-order valence-electron chi connectivity index (χ4n) is 5.00. The molecule has 0 amide bonds. The second-order valence-electron chi connectivity index (χ2n) is 10.1. The molecule has 0 fully saturated rings. The van der Waals surface area contributed by atoms with Crippen molar-refractivity contribution in [3.8, 4) is 0 Å². The number of aromatic nitrogens is 2. The van der Waals surface area contributed by atoms with Crippen molar-refractivity contribution in [3.05, 3.63) is 159 Å². The van der Waals surface area contributed by atoms with E-state index in [0.29, 0.717) is 28.8 Å². The number of aliphatic imine (C=N–C) groups is 2. The predicted molar refractivity (Wildman–Crippen MR) is 166 cm³/mol. The van der Waals surface area contributed by atoms with Crippen molar-refractivity contribution in [1.82, 2.24) is 9.97 Å². The fraction of sp³-hybridized carbons (Fsp3) is 0.0588. The molecule has 3 aromatic carbocycles. The highest BCUT2D eigenvalue weighted by Crippen LogP contribution is 2.38. The first-order valence-electron chi connectivity index (χ1n) is 13.5. The molecule has 11 heteroatoms. The van der Waals surface area contributed by atoms with Crippen LogP contribution in [-0.2, 0) is 12.4 Å². The van der Waals surface area contributed by atoms with Crippen LogP contribution in [0.1, 0.15) is 27.9 Å². The van der Waals surface area contributed by atoms with E-state index in [1.165, 1.54) is 6.08 Å². The molecule has 45 heavy (non-hydrogen) atoms. The lowest BCUT2D eigenvalue weighted by Crippen LogP contribution is -2.19. The summed E-state index contributed by atoms with van der Waals surface area (Å²) in [6.07, 6.45) is -6.89. The van der Waals surface area contributed by atoms with Gasteiger partial charge in [-0.1, -0.05) is 60.7 Å². The summed E-state index contributed by atoms with van der Waals surface area (Å²) < 4.78 is 81.2. The Morgan fingerprint density at radius 2 is 1.18 bits per heavy atom. The van der Waals surface area contributed by atoms with E-state index >= 15 is 0 Å². The molecule has 6 rings (SSSR count). The highest BCUT2D eigenvalue weighted by atomic mass is 79.9. The quantitative estimate of drug-likeness (QED) is 0.176. The zero-order valence-electron chi connectivity index (χ0n) is 23.0. The maximum absolute atomic E-state index is 13.4. The van der Waals surface area contributed by atoms with Crippen molar-refractivity contribution in [1.29, 1.82) is 0 Å². The molecule has 0 saturated heterocycles. The van der Waals surface area contributed by atoms with Gasteiger partial charge in [-0.25, -0.2) is 9.98 Å². The standard InChI is InChI=1S/C34H21BrF6N4/c35-29-15-13-27(44-29)31(20-7-3-1-4-8-20)25-11-12-26(43-25)32(21-9-5-2-6-10-21)28-14-16-30(45-28)42-24-18-22(33(36,37)38)17-23(19-24)34(39,40)41/h1-19,43-44H. The Balaban J connectivity index is 1.52. The maximum atomic E-state index is 13.4. The Hall–Kier alpha value is -4.90. The maximum Gasteiger partial charge on any atom is 0.416 e. The van der Waals surface area contributed by atoms with E-state index < -0.39 is 29.2 Å². The van der Waals surface area contributed by atoms with Gasteiger partial charge in [0.1, 0.15) is 0 Å². The average Bonchev–Trinajstić information content (AvgIpc) is 3.76. The van der Waals surface area contributed by atoms with E-state index in [1.54, 1.807) is 6.08 Å². The lowest BCUT2D eigenvalue weighted by molar-refractivity contribution is -0.143. The molecule has 3 heterocycles. The molecule has 0 unspecified atom stereocenters. The van der Waals surface area contributed by atoms with E-state index in [0.717, 1.165) is 32.3 Å². The largest absolute Gasteiger partial charge is 0.416 e. The molecule has 0 atom stereocenters. The van der Waals surface area contributed by atoms with Crippen LogP contribution in [0.15, 0.2) is 130 Å². The first-order chi connectivity index (χ1) is 21.5. The number of amidine groups is 1. The second kappa shape index (κ2) is 11.9. The number of hydrogen-bond donors (Lipinski definition) is 2. The molecular formula is C34H21BrF6N4. The van der Waals surface area contributed by atoms with Crippen molar-refractivity contribution in [2.24, 2.45) is 9.98 Å². The number of hydrogen-bond acceptors (Lipinski definition) is 1. The van der Waals surface area contributed by atoms with Crippen molar-refractivity contribution in [2.75, 3.05) is 0 Å². The summed E-state index contributed by atoms with van der Waals surface area (Å²) in [6.45, 7) is 0. The normalized spacial score (nSPS) is 15.8. The summed E-state index contributed by atoms with van der Waals surface area (Å²) in [5.41, 5.74) is 1.24. The molecule has 0 saturated carbocycles. The van der Waals surface area contributed by atoms with E-state index in [-0.39, 0.29) is 11.9 Å². The third-order valence-electron chi connectivity index (χ3n) is 6.97. The number of nitrogens with zero attached hydrogens (tertiary/aromatic N) is 2. The molecular weight excluding hydrogens is 658 g/mol. The predicted octanol–water partition coefficient (Wildman–Crippen LogP) is 8.33. The van der Waals surface area contributed by atoms with E-state index in [9.17, 15) is 26.3 Å². The Morgan fingerprint density at radius 1 is 0.622 bits per heavy atom. The molecule has 4 nitrogen and oxygen atoms in total. The summed E-state index contributed by atoms with van der Waals surface area (Å²) in [4.78, 5) is 15.4. The molecule has 0 spiro atoms.